The number of pyridine rings is 1. The van der Waals surface area contributed by atoms with Crippen LogP contribution in [0.2, 0.25) is 10.0 Å². The zero-order valence-corrected chi connectivity index (χ0v) is 13.1. The van der Waals surface area contributed by atoms with E-state index in [9.17, 15) is 4.79 Å². The number of aromatic nitrogens is 1. The molecule has 110 valence electrons. The zero-order chi connectivity index (χ0) is 15.2. The van der Waals surface area contributed by atoms with Crippen molar-refractivity contribution in [2.45, 2.75) is 4.90 Å². The topological polar surface area (TPSA) is 59.4 Å². The maximum atomic E-state index is 11.0. The number of hydrogen-bond donors (Lipinski definition) is 1. The monoisotopic (exact) mass is 343 g/mol. The van der Waals surface area contributed by atoms with Gasteiger partial charge in [-0.05, 0) is 30.3 Å². The highest BCUT2D eigenvalue weighted by molar-refractivity contribution is 7.99. The number of nitrogens with zero attached hydrogens (tertiary/aromatic N) is 1. The van der Waals surface area contributed by atoms with Crippen LogP contribution in [0.25, 0.3) is 0 Å². The van der Waals surface area contributed by atoms with E-state index in [4.69, 9.17) is 33.0 Å². The summed E-state index contributed by atoms with van der Waals surface area (Å²) in [6.07, 6.45) is 1.41. The van der Waals surface area contributed by atoms with Gasteiger partial charge in [0.25, 0.3) is 0 Å². The number of thioether (sulfide) groups is 1. The van der Waals surface area contributed by atoms with Gasteiger partial charge in [-0.1, -0.05) is 23.2 Å². The van der Waals surface area contributed by atoms with Gasteiger partial charge in [0.05, 0.1) is 11.6 Å². The Morgan fingerprint density at radius 2 is 2.14 bits per heavy atom. The van der Waals surface area contributed by atoms with Crippen LogP contribution < -0.4 is 4.74 Å². The number of hydrogen-bond acceptors (Lipinski definition) is 4. The van der Waals surface area contributed by atoms with Gasteiger partial charge >= 0.3 is 5.97 Å². The van der Waals surface area contributed by atoms with Crippen molar-refractivity contribution in [3.63, 3.8) is 0 Å². The van der Waals surface area contributed by atoms with E-state index >= 15 is 0 Å². The van der Waals surface area contributed by atoms with Gasteiger partial charge in [-0.3, -0.25) is 0 Å². The number of aromatic carboxylic acids is 1. The Bertz CT molecular complexity index is 652. The first-order chi connectivity index (χ1) is 10.1. The van der Waals surface area contributed by atoms with Crippen molar-refractivity contribution < 1.29 is 14.6 Å². The fourth-order valence-electron chi connectivity index (χ4n) is 1.56. The number of ether oxygens (including phenoxy) is 1. The second kappa shape index (κ2) is 7.54. The summed E-state index contributed by atoms with van der Waals surface area (Å²) in [5, 5.41) is 10.2. The van der Waals surface area contributed by atoms with Gasteiger partial charge in [-0.15, -0.1) is 11.8 Å². The molecule has 0 radical (unpaired) electrons. The van der Waals surface area contributed by atoms with Crippen molar-refractivity contribution in [3.05, 3.63) is 52.3 Å². The molecule has 0 amide bonds. The Morgan fingerprint density at radius 3 is 2.90 bits per heavy atom. The van der Waals surface area contributed by atoms with E-state index in [-0.39, 0.29) is 11.4 Å². The summed E-state index contributed by atoms with van der Waals surface area (Å²) in [5.74, 6) is -0.257. The van der Waals surface area contributed by atoms with E-state index in [1.165, 1.54) is 18.0 Å². The van der Waals surface area contributed by atoms with Gasteiger partial charge in [-0.2, -0.15) is 0 Å². The van der Waals surface area contributed by atoms with Crippen LogP contribution in [0.4, 0.5) is 0 Å². The van der Waals surface area contributed by atoms with E-state index in [1.807, 2.05) is 0 Å². The van der Waals surface area contributed by atoms with Crippen molar-refractivity contribution in [2.75, 3.05) is 12.4 Å². The van der Waals surface area contributed by atoms with Crippen molar-refractivity contribution in [1.82, 2.24) is 4.98 Å². The molecule has 4 nitrogen and oxygen atoms in total. The molecule has 0 saturated heterocycles. The molecule has 21 heavy (non-hydrogen) atoms. The molecule has 0 bridgehead atoms. The van der Waals surface area contributed by atoms with E-state index in [1.54, 1.807) is 30.3 Å². The summed E-state index contributed by atoms with van der Waals surface area (Å²) in [7, 11) is 0. The molecule has 1 aromatic heterocycles. The summed E-state index contributed by atoms with van der Waals surface area (Å²) in [4.78, 5) is 15.6. The van der Waals surface area contributed by atoms with Crippen LogP contribution in [0.1, 0.15) is 10.5 Å². The SMILES string of the molecule is O=C(O)c1ncccc1OCCSc1cc(Cl)ccc1Cl. The zero-order valence-electron chi connectivity index (χ0n) is 10.8. The average Bonchev–Trinajstić information content (AvgIpc) is 2.47. The molecular weight excluding hydrogens is 333 g/mol. The van der Waals surface area contributed by atoms with Crippen LogP contribution in [-0.2, 0) is 0 Å². The van der Waals surface area contributed by atoms with Gasteiger partial charge in [-0.25, -0.2) is 9.78 Å². The molecule has 0 fully saturated rings. The van der Waals surface area contributed by atoms with E-state index in [0.29, 0.717) is 22.4 Å². The number of rotatable bonds is 6. The average molecular weight is 344 g/mol. The van der Waals surface area contributed by atoms with E-state index < -0.39 is 5.97 Å². The van der Waals surface area contributed by atoms with Gasteiger partial charge in [0.1, 0.15) is 0 Å². The lowest BCUT2D eigenvalue weighted by atomic mass is 10.3. The molecule has 0 spiro atoms. The van der Waals surface area contributed by atoms with Crippen molar-refractivity contribution in [1.29, 1.82) is 0 Å². The largest absolute Gasteiger partial charge is 0.490 e. The Labute approximate surface area is 136 Å². The van der Waals surface area contributed by atoms with Crippen molar-refractivity contribution >= 4 is 40.9 Å². The quantitative estimate of drug-likeness (QED) is 0.627. The molecule has 0 unspecified atom stereocenters. The number of carboxylic acid groups (broad SMARTS) is 1. The van der Waals surface area contributed by atoms with Crippen LogP contribution in [0.5, 0.6) is 5.75 Å². The second-order valence-electron chi connectivity index (χ2n) is 3.93. The molecule has 1 N–H and O–H groups in total. The minimum atomic E-state index is -1.11. The minimum absolute atomic E-state index is 0.0942. The molecule has 0 aliphatic rings. The summed E-state index contributed by atoms with van der Waals surface area (Å²) < 4.78 is 5.45. The van der Waals surface area contributed by atoms with Crippen LogP contribution in [-0.4, -0.2) is 28.4 Å². The molecule has 2 rings (SSSR count). The van der Waals surface area contributed by atoms with Crippen LogP contribution in [0.3, 0.4) is 0 Å². The molecule has 1 heterocycles. The third-order valence-electron chi connectivity index (χ3n) is 2.46. The lowest BCUT2D eigenvalue weighted by Crippen LogP contribution is -2.07. The highest BCUT2D eigenvalue weighted by Crippen LogP contribution is 2.29. The van der Waals surface area contributed by atoms with Crippen molar-refractivity contribution in [3.8, 4) is 5.75 Å². The standard InChI is InChI=1S/C14H11Cl2NO3S/c15-9-3-4-10(16)12(8-9)21-7-6-20-11-2-1-5-17-13(11)14(18)19/h1-5,8H,6-7H2,(H,18,19). The predicted octanol–water partition coefficient (Wildman–Crippen LogP) is 4.26. The molecule has 0 aliphatic carbocycles. The van der Waals surface area contributed by atoms with Gasteiger partial charge in [0, 0.05) is 21.9 Å². The fourth-order valence-corrected chi connectivity index (χ4v) is 2.88. The summed E-state index contributed by atoms with van der Waals surface area (Å²) in [6.45, 7) is 0.333. The van der Waals surface area contributed by atoms with Gasteiger partial charge in [0.15, 0.2) is 11.4 Å². The Kier molecular flexibility index (Phi) is 5.73. The van der Waals surface area contributed by atoms with Crippen molar-refractivity contribution in [2.24, 2.45) is 0 Å². The predicted molar refractivity (Wildman–Crippen MR) is 83.9 cm³/mol. The number of carboxylic acids is 1. The van der Waals surface area contributed by atoms with Gasteiger partial charge < -0.3 is 9.84 Å². The molecular formula is C14H11Cl2NO3S. The smallest absolute Gasteiger partial charge is 0.358 e. The van der Waals surface area contributed by atoms with Crippen LogP contribution in [0.15, 0.2) is 41.4 Å². The highest BCUT2D eigenvalue weighted by atomic mass is 35.5. The lowest BCUT2D eigenvalue weighted by molar-refractivity contribution is 0.0685. The molecule has 0 aliphatic heterocycles. The minimum Gasteiger partial charge on any atom is -0.490 e. The molecule has 7 heteroatoms. The Balaban J connectivity index is 1.91. The maximum Gasteiger partial charge on any atom is 0.358 e. The third kappa shape index (κ3) is 4.52. The first-order valence-corrected chi connectivity index (χ1v) is 7.71. The van der Waals surface area contributed by atoms with Crippen LogP contribution in [0, 0.1) is 0 Å². The molecule has 1 aromatic carbocycles. The number of benzene rings is 1. The van der Waals surface area contributed by atoms with Gasteiger partial charge in [0.2, 0.25) is 0 Å². The fraction of sp³-hybridized carbons (Fsp3) is 0.143. The first kappa shape index (κ1) is 15.9. The normalized spacial score (nSPS) is 10.4. The summed E-state index contributed by atoms with van der Waals surface area (Å²) in [5.41, 5.74) is -0.0942. The summed E-state index contributed by atoms with van der Waals surface area (Å²) in [6, 6.07) is 8.44. The summed E-state index contributed by atoms with van der Waals surface area (Å²) >= 11 is 13.4. The van der Waals surface area contributed by atoms with E-state index in [0.717, 1.165) is 4.90 Å². The Morgan fingerprint density at radius 1 is 1.33 bits per heavy atom. The molecule has 0 saturated carbocycles. The molecule has 2 aromatic rings. The highest BCUT2D eigenvalue weighted by Gasteiger charge is 2.12. The van der Waals surface area contributed by atoms with E-state index in [2.05, 4.69) is 4.98 Å². The third-order valence-corrected chi connectivity index (χ3v) is 4.16. The van der Waals surface area contributed by atoms with Crippen LogP contribution >= 0.6 is 35.0 Å². The number of halogens is 2. The lowest BCUT2D eigenvalue weighted by Gasteiger charge is -2.08. The maximum absolute atomic E-state index is 11.0. The first-order valence-electron chi connectivity index (χ1n) is 5.97. The second-order valence-corrected chi connectivity index (χ2v) is 5.91. The molecule has 0 atom stereocenters. The number of carbonyl (C=O) groups is 1. The Hall–Kier alpha value is -1.43.